The molecule has 5 nitrogen and oxygen atoms in total. The first-order chi connectivity index (χ1) is 13.2. The van der Waals surface area contributed by atoms with Gasteiger partial charge in [0.25, 0.3) is 5.91 Å². The first-order valence-electron chi connectivity index (χ1n) is 8.51. The van der Waals surface area contributed by atoms with E-state index in [1.165, 1.54) is 11.3 Å². The number of rotatable bonds is 5. The Bertz CT molecular complexity index is 932. The molecule has 3 aromatic rings. The summed E-state index contributed by atoms with van der Waals surface area (Å²) in [6.45, 7) is 1.14. The summed E-state index contributed by atoms with van der Waals surface area (Å²) in [6.07, 6.45) is 1.46. The molecule has 2 aromatic carbocycles. The number of thiazole rings is 1. The molecular weight excluding hydrogens is 384 g/mol. The van der Waals surface area contributed by atoms with Crippen molar-refractivity contribution in [1.82, 2.24) is 9.88 Å². The fraction of sp³-hybridized carbons (Fsp3) is 0.200. The van der Waals surface area contributed by atoms with Crippen molar-refractivity contribution in [2.45, 2.75) is 12.6 Å². The highest BCUT2D eigenvalue weighted by Gasteiger charge is 2.27. The molecule has 4 rings (SSSR count). The number of para-hydroxylation sites is 2. The summed E-state index contributed by atoms with van der Waals surface area (Å²) in [7, 11) is 0. The van der Waals surface area contributed by atoms with E-state index in [4.69, 9.17) is 21.1 Å². The number of carbonyl (C=O) groups is 1. The molecule has 0 saturated carbocycles. The van der Waals surface area contributed by atoms with Crippen LogP contribution in [0.4, 0.5) is 0 Å². The lowest BCUT2D eigenvalue weighted by atomic mass is 10.2. The molecule has 0 N–H and O–H groups in total. The molecule has 138 valence electrons. The number of benzene rings is 2. The Balaban J connectivity index is 1.55. The van der Waals surface area contributed by atoms with E-state index < -0.39 is 0 Å². The molecule has 27 heavy (non-hydrogen) atoms. The second-order valence-corrected chi connectivity index (χ2v) is 7.48. The predicted molar refractivity (Wildman–Crippen MR) is 105 cm³/mol. The second-order valence-electron chi connectivity index (χ2n) is 6.09. The molecule has 1 atom stereocenters. The highest BCUT2D eigenvalue weighted by atomic mass is 35.5. The van der Waals surface area contributed by atoms with Gasteiger partial charge in [-0.05, 0) is 24.3 Å². The number of halogens is 1. The van der Waals surface area contributed by atoms with Crippen LogP contribution in [0.5, 0.6) is 11.5 Å². The zero-order valence-electron chi connectivity index (χ0n) is 14.4. The van der Waals surface area contributed by atoms with E-state index in [9.17, 15) is 4.79 Å². The Hall–Kier alpha value is -2.57. The Morgan fingerprint density at radius 3 is 2.74 bits per heavy atom. The normalized spacial score (nSPS) is 15.4. The quantitative estimate of drug-likeness (QED) is 0.641. The van der Waals surface area contributed by atoms with Crippen LogP contribution in [0.25, 0.3) is 0 Å². The van der Waals surface area contributed by atoms with Crippen molar-refractivity contribution in [3.8, 4) is 11.5 Å². The summed E-state index contributed by atoms with van der Waals surface area (Å²) < 4.78 is 11.8. The van der Waals surface area contributed by atoms with Crippen molar-refractivity contribution in [2.24, 2.45) is 0 Å². The first kappa shape index (κ1) is 17.8. The molecule has 1 aliphatic heterocycles. The van der Waals surface area contributed by atoms with Crippen molar-refractivity contribution in [2.75, 3.05) is 13.2 Å². The van der Waals surface area contributed by atoms with E-state index >= 15 is 0 Å². The van der Waals surface area contributed by atoms with Gasteiger partial charge in [0, 0.05) is 11.6 Å². The van der Waals surface area contributed by atoms with Crippen molar-refractivity contribution >= 4 is 28.8 Å². The van der Waals surface area contributed by atoms with Gasteiger partial charge in [0.1, 0.15) is 11.6 Å². The standard InChI is InChI=1S/C20H17ClN2O3S/c21-16-6-2-1-5-15(16)20(24)23(12-19-22-9-10-27-19)11-14-13-25-17-7-3-4-8-18(17)26-14/h1-10,14H,11-13H2. The van der Waals surface area contributed by atoms with Gasteiger partial charge in [-0.3, -0.25) is 4.79 Å². The van der Waals surface area contributed by atoms with Crippen LogP contribution in [0.2, 0.25) is 5.02 Å². The van der Waals surface area contributed by atoms with Gasteiger partial charge in [0.15, 0.2) is 17.6 Å². The fourth-order valence-electron chi connectivity index (χ4n) is 2.92. The highest BCUT2D eigenvalue weighted by molar-refractivity contribution is 7.09. The number of hydrogen-bond donors (Lipinski definition) is 0. The fourth-order valence-corrected chi connectivity index (χ4v) is 3.76. The number of ether oxygens (including phenoxy) is 2. The molecule has 2 heterocycles. The van der Waals surface area contributed by atoms with Crippen LogP contribution in [-0.4, -0.2) is 35.0 Å². The van der Waals surface area contributed by atoms with Crippen LogP contribution in [0.3, 0.4) is 0 Å². The molecule has 0 spiro atoms. The minimum atomic E-state index is -0.272. The number of amides is 1. The SMILES string of the molecule is O=C(c1ccccc1Cl)N(Cc1nccs1)CC1COc2ccccc2O1. The van der Waals surface area contributed by atoms with E-state index in [-0.39, 0.29) is 12.0 Å². The molecule has 0 saturated heterocycles. The van der Waals surface area contributed by atoms with Gasteiger partial charge >= 0.3 is 0 Å². The zero-order chi connectivity index (χ0) is 18.6. The topological polar surface area (TPSA) is 51.7 Å². The van der Waals surface area contributed by atoms with Gasteiger partial charge < -0.3 is 14.4 Å². The van der Waals surface area contributed by atoms with E-state index in [0.29, 0.717) is 36.0 Å². The molecule has 1 unspecified atom stereocenters. The van der Waals surface area contributed by atoms with Gasteiger partial charge in [0.05, 0.1) is 23.7 Å². The van der Waals surface area contributed by atoms with Crippen LogP contribution in [0, 0.1) is 0 Å². The maximum absolute atomic E-state index is 13.1. The molecule has 7 heteroatoms. The smallest absolute Gasteiger partial charge is 0.255 e. The molecule has 0 aliphatic carbocycles. The molecular formula is C20H17ClN2O3S. The van der Waals surface area contributed by atoms with Crippen LogP contribution in [0.15, 0.2) is 60.1 Å². The Labute approximate surface area is 166 Å². The second kappa shape index (κ2) is 7.98. The molecule has 0 bridgehead atoms. The number of nitrogens with zero attached hydrogens (tertiary/aromatic N) is 2. The summed E-state index contributed by atoms with van der Waals surface area (Å²) >= 11 is 7.75. The average Bonchev–Trinajstić information content (AvgIpc) is 3.20. The third kappa shape index (κ3) is 4.07. The lowest BCUT2D eigenvalue weighted by Gasteiger charge is -2.31. The third-order valence-corrected chi connectivity index (χ3v) is 5.29. The van der Waals surface area contributed by atoms with Crippen LogP contribution < -0.4 is 9.47 Å². The first-order valence-corrected chi connectivity index (χ1v) is 9.77. The van der Waals surface area contributed by atoms with Crippen molar-refractivity contribution in [3.63, 3.8) is 0 Å². The van der Waals surface area contributed by atoms with Crippen LogP contribution >= 0.6 is 22.9 Å². The molecule has 1 aliphatic rings. The number of aromatic nitrogens is 1. The lowest BCUT2D eigenvalue weighted by molar-refractivity contribution is 0.0444. The number of fused-ring (bicyclic) bond motifs is 1. The van der Waals surface area contributed by atoms with Gasteiger partial charge in [-0.25, -0.2) is 4.98 Å². The van der Waals surface area contributed by atoms with E-state index in [1.807, 2.05) is 29.6 Å². The zero-order valence-corrected chi connectivity index (χ0v) is 15.9. The summed E-state index contributed by atoms with van der Waals surface area (Å²) in [5, 5.41) is 3.18. The highest BCUT2D eigenvalue weighted by Crippen LogP contribution is 2.31. The van der Waals surface area contributed by atoms with Crippen LogP contribution in [0.1, 0.15) is 15.4 Å². The largest absolute Gasteiger partial charge is 0.486 e. The van der Waals surface area contributed by atoms with Crippen molar-refractivity contribution in [1.29, 1.82) is 0 Å². The number of carbonyl (C=O) groups excluding carboxylic acids is 1. The molecule has 0 radical (unpaired) electrons. The van der Waals surface area contributed by atoms with E-state index in [2.05, 4.69) is 4.98 Å². The van der Waals surface area contributed by atoms with E-state index in [0.717, 1.165) is 10.8 Å². The average molecular weight is 401 g/mol. The van der Waals surface area contributed by atoms with Crippen molar-refractivity contribution in [3.05, 3.63) is 75.7 Å². The Morgan fingerprint density at radius 2 is 1.96 bits per heavy atom. The molecule has 1 aromatic heterocycles. The minimum Gasteiger partial charge on any atom is -0.486 e. The van der Waals surface area contributed by atoms with Crippen LogP contribution in [-0.2, 0) is 6.54 Å². The van der Waals surface area contributed by atoms with Gasteiger partial charge in [-0.1, -0.05) is 35.9 Å². The summed E-state index contributed by atoms with van der Waals surface area (Å²) in [5.41, 5.74) is 0.466. The minimum absolute atomic E-state index is 0.154. The van der Waals surface area contributed by atoms with Gasteiger partial charge in [-0.2, -0.15) is 0 Å². The third-order valence-electron chi connectivity index (χ3n) is 4.19. The maximum Gasteiger partial charge on any atom is 0.255 e. The predicted octanol–water partition coefficient (Wildman–Crippen LogP) is 4.28. The van der Waals surface area contributed by atoms with E-state index in [1.54, 1.807) is 35.4 Å². The van der Waals surface area contributed by atoms with Gasteiger partial charge in [-0.15, -0.1) is 11.3 Å². The molecule has 0 fully saturated rings. The van der Waals surface area contributed by atoms with Crippen molar-refractivity contribution < 1.29 is 14.3 Å². The molecule has 1 amide bonds. The Kier molecular flexibility index (Phi) is 5.27. The Morgan fingerprint density at radius 1 is 1.19 bits per heavy atom. The summed E-state index contributed by atoms with van der Waals surface area (Å²) in [6, 6.07) is 14.6. The summed E-state index contributed by atoms with van der Waals surface area (Å²) in [5.74, 6) is 1.25. The lowest BCUT2D eigenvalue weighted by Crippen LogP contribution is -2.43. The summed E-state index contributed by atoms with van der Waals surface area (Å²) in [4.78, 5) is 19.1. The maximum atomic E-state index is 13.1. The monoisotopic (exact) mass is 400 g/mol. The van der Waals surface area contributed by atoms with Gasteiger partial charge in [0.2, 0.25) is 0 Å². The number of hydrogen-bond acceptors (Lipinski definition) is 5.